The van der Waals surface area contributed by atoms with Crippen molar-refractivity contribution >= 4 is 113 Å². The van der Waals surface area contributed by atoms with Crippen molar-refractivity contribution in [1.29, 1.82) is 0 Å². The highest BCUT2D eigenvalue weighted by atomic mass is 28.3. The zero-order chi connectivity index (χ0) is 55.6. The summed E-state index contributed by atoms with van der Waals surface area (Å²) < 4.78 is 12.8. The van der Waals surface area contributed by atoms with E-state index in [1.165, 1.54) is 87.6 Å². The Hall–Kier alpha value is -9.42. The van der Waals surface area contributed by atoms with Gasteiger partial charge in [-0.1, -0.05) is 175 Å². The van der Waals surface area contributed by atoms with Crippen LogP contribution in [-0.4, -0.2) is 8.07 Å². The molecule has 5 heteroatoms. The molecule has 0 radical (unpaired) electrons. The van der Waals surface area contributed by atoms with E-state index < -0.39 is 8.07 Å². The average Bonchev–Trinajstić information content (AvgIpc) is 2.40. The van der Waals surface area contributed by atoms with Gasteiger partial charge in [0, 0.05) is 66.7 Å². The minimum atomic E-state index is -2.39. The number of fused-ring (bicyclic) bond motifs is 14. The van der Waals surface area contributed by atoms with Crippen LogP contribution in [-0.2, 0) is 10.8 Å². The van der Waals surface area contributed by atoms with E-state index in [1.54, 1.807) is 0 Å². The summed E-state index contributed by atoms with van der Waals surface area (Å²) in [5.74, 6) is 0.889. The second-order valence-electron chi connectivity index (χ2n) is 24.5. The maximum absolute atomic E-state index is 6.40. The lowest BCUT2D eigenvalue weighted by molar-refractivity contribution is 0.577. The normalized spacial score (nSPS) is 14.8. The van der Waals surface area contributed by atoms with E-state index in [-0.39, 0.29) is 10.8 Å². The summed E-state index contributed by atoms with van der Waals surface area (Å²) in [4.78, 5) is 4.94. The number of anilines is 6. The molecule has 0 saturated heterocycles. The second kappa shape index (κ2) is 17.3. The molecule has 16 rings (SSSR count). The molecule has 82 heavy (non-hydrogen) atoms. The fraction of sp³-hybridized carbons (Fsp3) is 0.117. The van der Waals surface area contributed by atoms with Gasteiger partial charge in [-0.3, -0.25) is 0 Å². The number of allylic oxidation sites excluding steroid dienone is 2. The third kappa shape index (κ3) is 6.84. The van der Waals surface area contributed by atoms with Crippen molar-refractivity contribution in [3.8, 4) is 33.4 Å². The van der Waals surface area contributed by atoms with Crippen molar-refractivity contribution < 1.29 is 8.83 Å². The molecule has 13 aromatic rings. The number of para-hydroxylation sites is 1. The summed E-state index contributed by atoms with van der Waals surface area (Å²) in [6.07, 6.45) is 5.93. The first kappa shape index (κ1) is 48.5. The first-order chi connectivity index (χ1) is 39.8. The van der Waals surface area contributed by atoms with Gasteiger partial charge in [0.2, 0.25) is 0 Å². The minimum absolute atomic E-state index is 0.155. The van der Waals surface area contributed by atoms with Crippen molar-refractivity contribution in [3.63, 3.8) is 0 Å². The maximum atomic E-state index is 6.40. The zero-order valence-corrected chi connectivity index (χ0v) is 48.3. The zero-order valence-electron chi connectivity index (χ0n) is 47.3. The fourth-order valence-corrected chi connectivity index (χ4v) is 17.9. The molecule has 0 saturated carbocycles. The molecule has 11 aromatic carbocycles. The minimum Gasteiger partial charge on any atom is -0.461 e. The molecular weight excluding hydrogens is 1010 g/mol. The first-order valence-electron chi connectivity index (χ1n) is 28.8. The molecule has 2 aromatic heterocycles. The fourth-order valence-electron chi connectivity index (χ4n) is 14.8. The quantitative estimate of drug-likeness (QED) is 0.0862. The Morgan fingerprint density at radius 3 is 1.56 bits per heavy atom. The third-order valence-corrected chi connectivity index (χ3v) is 22.5. The van der Waals surface area contributed by atoms with Crippen LogP contribution in [0.15, 0.2) is 234 Å². The Morgan fingerprint density at radius 2 is 0.902 bits per heavy atom. The smallest absolute Gasteiger partial charge is 0.135 e. The molecule has 0 atom stereocenters. The van der Waals surface area contributed by atoms with Gasteiger partial charge in [-0.25, -0.2) is 0 Å². The molecule has 0 unspecified atom stereocenters. The molecule has 3 heterocycles. The monoisotopic (exact) mass is 1070 g/mol. The van der Waals surface area contributed by atoms with Crippen LogP contribution in [0.2, 0.25) is 13.1 Å². The molecule has 0 N–H and O–H groups in total. The van der Waals surface area contributed by atoms with E-state index in [4.69, 9.17) is 8.83 Å². The highest BCUT2D eigenvalue weighted by Crippen LogP contribution is 2.54. The Labute approximate surface area is 479 Å². The molecule has 0 spiro atoms. The van der Waals surface area contributed by atoms with Crippen molar-refractivity contribution in [2.75, 3.05) is 9.80 Å². The van der Waals surface area contributed by atoms with Gasteiger partial charge in [-0.15, -0.1) is 0 Å². The first-order valence-corrected chi connectivity index (χ1v) is 31.8. The van der Waals surface area contributed by atoms with Crippen LogP contribution >= 0.6 is 0 Å². The highest BCUT2D eigenvalue weighted by Gasteiger charge is 2.40. The second-order valence-corrected chi connectivity index (χ2v) is 28.8. The molecule has 0 fully saturated rings. The molecule has 4 nitrogen and oxygen atoms in total. The Morgan fingerprint density at radius 1 is 0.402 bits per heavy atom. The number of furan rings is 2. The van der Waals surface area contributed by atoms with Gasteiger partial charge in [-0.05, 0) is 192 Å². The molecule has 394 valence electrons. The number of rotatable bonds is 8. The number of aryl methyl sites for hydroxylation is 1. The topological polar surface area (TPSA) is 32.8 Å². The number of hydrogen-bond donors (Lipinski definition) is 0. The van der Waals surface area contributed by atoms with Crippen molar-refractivity contribution in [2.24, 2.45) is 0 Å². The molecule has 0 amide bonds. The van der Waals surface area contributed by atoms with Crippen LogP contribution in [0.25, 0.3) is 93.9 Å². The molecular formula is C77H60N2O2Si. The van der Waals surface area contributed by atoms with Crippen LogP contribution in [0.1, 0.15) is 61.3 Å². The van der Waals surface area contributed by atoms with Crippen molar-refractivity contribution in [3.05, 3.63) is 259 Å². The van der Waals surface area contributed by atoms with Crippen LogP contribution < -0.4 is 20.2 Å². The maximum Gasteiger partial charge on any atom is 0.135 e. The van der Waals surface area contributed by atoms with E-state index >= 15 is 0 Å². The Balaban J connectivity index is 0.865. The van der Waals surface area contributed by atoms with Gasteiger partial charge < -0.3 is 18.6 Å². The Bertz CT molecular complexity index is 4970. The number of hydrogen-bond acceptors (Lipinski definition) is 4. The van der Waals surface area contributed by atoms with Crippen LogP contribution in [0.4, 0.5) is 34.1 Å². The summed E-state index contributed by atoms with van der Waals surface area (Å²) in [7, 11) is -2.39. The van der Waals surface area contributed by atoms with Gasteiger partial charge >= 0.3 is 0 Å². The predicted molar refractivity (Wildman–Crippen MR) is 349 cm³/mol. The lowest BCUT2D eigenvalue weighted by atomic mass is 9.82. The van der Waals surface area contributed by atoms with Crippen molar-refractivity contribution in [2.45, 2.75) is 58.5 Å². The van der Waals surface area contributed by atoms with Gasteiger partial charge in [0.15, 0.2) is 0 Å². The number of nitrogens with zero attached hydrogens (tertiary/aromatic N) is 2. The molecule has 3 aliphatic rings. The van der Waals surface area contributed by atoms with Gasteiger partial charge in [-0.2, -0.15) is 0 Å². The summed E-state index contributed by atoms with van der Waals surface area (Å²) in [5, 5.41) is 11.3. The van der Waals surface area contributed by atoms with E-state index in [1.807, 2.05) is 25.1 Å². The molecule has 2 aliphatic carbocycles. The third-order valence-electron chi connectivity index (χ3n) is 18.9. The lowest BCUT2D eigenvalue weighted by Gasteiger charge is -2.36. The predicted octanol–water partition coefficient (Wildman–Crippen LogP) is 20.5. The van der Waals surface area contributed by atoms with Crippen LogP contribution in [0.5, 0.6) is 0 Å². The average molecular weight is 1070 g/mol. The van der Waals surface area contributed by atoms with E-state index in [0.717, 1.165) is 78.4 Å². The molecule has 1 aliphatic heterocycles. The summed E-state index contributed by atoms with van der Waals surface area (Å²) in [6, 6.07) is 77.8. The SMILES string of the molecule is C=C/C=C\c1c(C)oc2ccc(N(c3ccc4c(c3)C(C)(C)c3ccccc3-4)c3ccc4c(c3)[Si](C)(C)c3cccc5c3c-4cc3ccc(N(c4ccc6c(c4)C(C)(C)c4ccccc4-6)c4ccc6oc7ccccc7c6c4)cc35)cc12. The van der Waals surface area contributed by atoms with Crippen LogP contribution in [0.3, 0.4) is 0 Å². The van der Waals surface area contributed by atoms with E-state index in [9.17, 15) is 0 Å². The van der Waals surface area contributed by atoms with Gasteiger partial charge in [0.05, 0.1) is 0 Å². The van der Waals surface area contributed by atoms with E-state index in [2.05, 4.69) is 263 Å². The summed E-state index contributed by atoms with van der Waals surface area (Å²) >= 11 is 0. The standard InChI is InChI=1S/C77H60N2O2Si/c1-9-10-18-54-46(2)80-71-37-32-49(41-63(54)71)79(52-30-35-58-56-20-12-15-24-67(56)77(5,6)69(58)44-52)53-31-36-60-65-39-47-27-28-48(40-62(47)61-22-17-26-73(75(61)65)82(7,8)74(60)45-53)78(50-33-38-72-64(42-50)59-21-13-16-25-70(59)81-72)51-29-34-57-55-19-11-14-23-66(55)76(3,4)68(57)43-51/h9-45H,1H2,2-8H3/b18-10-. The highest BCUT2D eigenvalue weighted by molar-refractivity contribution is 7.03. The molecule has 0 bridgehead atoms. The van der Waals surface area contributed by atoms with Crippen molar-refractivity contribution in [1.82, 2.24) is 0 Å². The summed E-state index contributed by atoms with van der Waals surface area (Å²) in [5.41, 5.74) is 23.4. The Kier molecular flexibility index (Phi) is 10.2. The number of benzene rings is 11. The van der Waals surface area contributed by atoms with Gasteiger partial charge in [0.1, 0.15) is 30.6 Å². The largest absolute Gasteiger partial charge is 0.461 e. The lowest BCUT2D eigenvalue weighted by Crippen LogP contribution is -2.56. The van der Waals surface area contributed by atoms with Crippen LogP contribution in [0, 0.1) is 6.92 Å². The van der Waals surface area contributed by atoms with Gasteiger partial charge in [0.25, 0.3) is 0 Å². The summed E-state index contributed by atoms with van der Waals surface area (Å²) in [6.45, 7) is 20.6. The van der Waals surface area contributed by atoms with E-state index in [0.29, 0.717) is 0 Å².